The monoisotopic (exact) mass is 365 g/mol. The van der Waals surface area contributed by atoms with Crippen LogP contribution in [0.1, 0.15) is 27.0 Å². The van der Waals surface area contributed by atoms with Crippen molar-refractivity contribution in [3.8, 4) is 0 Å². The van der Waals surface area contributed by atoms with E-state index in [4.69, 9.17) is 5.73 Å². The molecular weight excluding hydrogens is 341 g/mol. The second-order valence-corrected chi connectivity index (χ2v) is 8.01. The number of aryl methyl sites for hydroxylation is 3. The zero-order valence-corrected chi connectivity index (χ0v) is 16.3. The van der Waals surface area contributed by atoms with Gasteiger partial charge in [-0.15, -0.1) is 0 Å². The fourth-order valence-electron chi connectivity index (χ4n) is 2.91. The lowest BCUT2D eigenvalue weighted by atomic mass is 10.00. The van der Waals surface area contributed by atoms with E-state index in [9.17, 15) is 9.36 Å². The van der Waals surface area contributed by atoms with Gasteiger partial charge in [0, 0.05) is 16.2 Å². The molecule has 1 amide bonds. The van der Waals surface area contributed by atoms with Crippen molar-refractivity contribution in [2.75, 3.05) is 0 Å². The summed E-state index contributed by atoms with van der Waals surface area (Å²) in [6.45, 7) is 5.81. The molecule has 0 fully saturated rings. The Kier molecular flexibility index (Phi) is 6.94. The number of hydrogen-bond donors (Lipinski definition) is 1. The summed E-state index contributed by atoms with van der Waals surface area (Å²) in [5.41, 5.74) is 8.96. The normalized spacial score (nSPS) is 10.2. The van der Waals surface area contributed by atoms with Crippen LogP contribution in [0.5, 0.6) is 0 Å². The molecule has 0 saturated heterocycles. The lowest BCUT2D eigenvalue weighted by Gasteiger charge is -2.06. The van der Waals surface area contributed by atoms with Crippen molar-refractivity contribution in [3.63, 3.8) is 0 Å². The molecule has 0 saturated carbocycles. The second kappa shape index (κ2) is 9.17. The summed E-state index contributed by atoms with van der Waals surface area (Å²) in [5.74, 6) is -0.343. The maximum absolute atomic E-state index is 12.0. The number of nitrogens with two attached hydrogens (primary N) is 1. The summed E-state index contributed by atoms with van der Waals surface area (Å²) in [4.78, 5) is 11.0. The van der Waals surface area contributed by atoms with Crippen LogP contribution < -0.4 is 16.3 Å². The number of rotatable bonds is 3. The highest BCUT2D eigenvalue weighted by Crippen LogP contribution is 2.18. The van der Waals surface area contributed by atoms with Crippen LogP contribution in [-0.2, 0) is 4.57 Å². The lowest BCUT2D eigenvalue weighted by molar-refractivity contribution is 0.0999. The van der Waals surface area contributed by atoms with Crippen LogP contribution in [0.15, 0.2) is 72.8 Å². The van der Waals surface area contributed by atoms with E-state index in [-0.39, 0.29) is 5.91 Å². The maximum atomic E-state index is 12.0. The first kappa shape index (κ1) is 19.7. The van der Waals surface area contributed by atoms with E-state index < -0.39 is 7.80 Å². The SMILES string of the molecule is Cc1cc(C)c(C(N)=O)c(C)c1.O=[PH](c1ccccc1)c1ccccc1. The average Bonchev–Trinajstić information content (AvgIpc) is 2.62. The molecule has 0 aliphatic carbocycles. The Hall–Kier alpha value is -2.64. The fraction of sp³-hybridized carbons (Fsp3) is 0.136. The Bertz CT molecular complexity index is 841. The number of carbonyl (C=O) groups is 1. The summed E-state index contributed by atoms with van der Waals surface area (Å²) >= 11 is 0. The Labute approximate surface area is 155 Å². The minimum absolute atomic E-state index is 0.343. The highest BCUT2D eigenvalue weighted by molar-refractivity contribution is 7.61. The Morgan fingerprint density at radius 1 is 0.769 bits per heavy atom. The smallest absolute Gasteiger partial charge is 0.249 e. The van der Waals surface area contributed by atoms with Gasteiger partial charge in [-0.1, -0.05) is 78.4 Å². The van der Waals surface area contributed by atoms with Gasteiger partial charge in [-0.2, -0.15) is 0 Å². The van der Waals surface area contributed by atoms with Crippen molar-refractivity contribution in [2.45, 2.75) is 20.8 Å². The molecule has 0 spiro atoms. The summed E-state index contributed by atoms with van der Waals surface area (Å²) in [5, 5.41) is 1.84. The van der Waals surface area contributed by atoms with Gasteiger partial charge in [-0.05, 0) is 31.9 Å². The molecule has 0 aliphatic rings. The lowest BCUT2D eigenvalue weighted by Crippen LogP contribution is -2.14. The molecule has 0 heterocycles. The summed E-state index contributed by atoms with van der Waals surface area (Å²) in [6, 6.07) is 23.1. The number of hydrogen-bond acceptors (Lipinski definition) is 2. The molecular formula is C22H24NO2P. The first-order valence-corrected chi connectivity index (χ1v) is 9.83. The van der Waals surface area contributed by atoms with Crippen molar-refractivity contribution >= 4 is 24.3 Å². The van der Waals surface area contributed by atoms with E-state index >= 15 is 0 Å². The van der Waals surface area contributed by atoms with Gasteiger partial charge in [-0.3, -0.25) is 4.79 Å². The first-order valence-electron chi connectivity index (χ1n) is 8.42. The molecule has 0 unspecified atom stereocenters. The number of primary amides is 1. The highest BCUT2D eigenvalue weighted by Gasteiger charge is 2.08. The molecule has 3 aromatic carbocycles. The van der Waals surface area contributed by atoms with Crippen molar-refractivity contribution in [1.82, 2.24) is 0 Å². The van der Waals surface area contributed by atoms with E-state index in [0.29, 0.717) is 5.56 Å². The Balaban J connectivity index is 0.000000190. The minimum Gasteiger partial charge on any atom is -0.366 e. The molecule has 0 atom stereocenters. The van der Waals surface area contributed by atoms with Crippen LogP contribution in [0, 0.1) is 20.8 Å². The standard InChI is InChI=1S/C12H11OP.C10H13NO/c13-14(11-7-3-1-4-8-11)12-9-5-2-6-10-12;1-6-4-7(2)9(10(11)12)8(3)5-6/h1-10,14H;4-5H,1-3H3,(H2,11,12). The molecule has 134 valence electrons. The molecule has 26 heavy (non-hydrogen) atoms. The molecule has 3 nitrogen and oxygen atoms in total. The summed E-state index contributed by atoms with van der Waals surface area (Å²) < 4.78 is 12.0. The van der Waals surface area contributed by atoms with Crippen LogP contribution in [0.4, 0.5) is 0 Å². The molecule has 3 aromatic rings. The van der Waals surface area contributed by atoms with Crippen LogP contribution in [0.2, 0.25) is 0 Å². The third kappa shape index (κ3) is 5.18. The van der Waals surface area contributed by atoms with Gasteiger partial charge < -0.3 is 10.3 Å². The van der Waals surface area contributed by atoms with Gasteiger partial charge >= 0.3 is 0 Å². The predicted molar refractivity (Wildman–Crippen MR) is 110 cm³/mol. The first-order chi connectivity index (χ1) is 12.4. The van der Waals surface area contributed by atoms with Gasteiger partial charge in [-0.25, -0.2) is 0 Å². The fourth-order valence-corrected chi connectivity index (χ4v) is 4.24. The molecule has 0 aromatic heterocycles. The highest BCUT2D eigenvalue weighted by atomic mass is 31.1. The predicted octanol–water partition coefficient (Wildman–Crippen LogP) is 3.91. The van der Waals surface area contributed by atoms with E-state index in [1.54, 1.807) is 0 Å². The average molecular weight is 365 g/mol. The van der Waals surface area contributed by atoms with Gasteiger partial charge in [0.1, 0.15) is 7.80 Å². The van der Waals surface area contributed by atoms with Crippen LogP contribution in [0.25, 0.3) is 0 Å². The van der Waals surface area contributed by atoms with E-state index in [2.05, 4.69) is 0 Å². The summed E-state index contributed by atoms with van der Waals surface area (Å²) in [6.07, 6.45) is 0. The van der Waals surface area contributed by atoms with Crippen LogP contribution in [0.3, 0.4) is 0 Å². The molecule has 0 bridgehead atoms. The zero-order chi connectivity index (χ0) is 19.1. The van der Waals surface area contributed by atoms with Crippen molar-refractivity contribution in [2.24, 2.45) is 5.73 Å². The van der Waals surface area contributed by atoms with E-state index in [1.807, 2.05) is 93.6 Å². The van der Waals surface area contributed by atoms with Crippen LogP contribution >= 0.6 is 7.80 Å². The van der Waals surface area contributed by atoms with E-state index in [0.717, 1.165) is 27.3 Å². The quantitative estimate of drug-likeness (QED) is 0.716. The topological polar surface area (TPSA) is 60.2 Å². The summed E-state index contributed by atoms with van der Waals surface area (Å²) in [7, 11) is -1.79. The Morgan fingerprint density at radius 3 is 1.50 bits per heavy atom. The van der Waals surface area contributed by atoms with Crippen LogP contribution in [-0.4, -0.2) is 5.91 Å². The number of carbonyl (C=O) groups excluding carboxylic acids is 1. The van der Waals surface area contributed by atoms with Gasteiger partial charge in [0.2, 0.25) is 5.91 Å². The van der Waals surface area contributed by atoms with Crippen molar-refractivity contribution in [1.29, 1.82) is 0 Å². The maximum Gasteiger partial charge on any atom is 0.249 e. The third-order valence-electron chi connectivity index (χ3n) is 4.00. The Morgan fingerprint density at radius 2 is 1.15 bits per heavy atom. The van der Waals surface area contributed by atoms with Gasteiger partial charge in [0.25, 0.3) is 0 Å². The van der Waals surface area contributed by atoms with Gasteiger partial charge in [0.15, 0.2) is 0 Å². The molecule has 2 N–H and O–H groups in total. The molecule has 3 rings (SSSR count). The largest absolute Gasteiger partial charge is 0.366 e. The molecule has 0 aliphatic heterocycles. The van der Waals surface area contributed by atoms with Gasteiger partial charge in [0.05, 0.1) is 0 Å². The third-order valence-corrected chi connectivity index (χ3v) is 5.71. The molecule has 4 heteroatoms. The minimum atomic E-state index is -1.79. The second-order valence-electron chi connectivity index (χ2n) is 6.20. The number of amides is 1. The van der Waals surface area contributed by atoms with Crippen molar-refractivity contribution < 1.29 is 9.36 Å². The zero-order valence-electron chi connectivity index (χ0n) is 15.3. The van der Waals surface area contributed by atoms with E-state index in [1.165, 1.54) is 0 Å². The molecule has 0 radical (unpaired) electrons. The number of benzene rings is 3. The van der Waals surface area contributed by atoms with Crippen molar-refractivity contribution in [3.05, 3.63) is 95.1 Å².